The molecule has 1 N–H and O–H groups in total. The molecule has 0 aliphatic carbocycles. The Bertz CT molecular complexity index is 445. The summed E-state index contributed by atoms with van der Waals surface area (Å²) in [5, 5.41) is 2.87. The van der Waals surface area contributed by atoms with E-state index in [-0.39, 0.29) is 5.56 Å². The van der Waals surface area contributed by atoms with Crippen LogP contribution in [0.2, 0.25) is 0 Å². The summed E-state index contributed by atoms with van der Waals surface area (Å²) in [5.74, 6) is -2.24. The quantitative estimate of drug-likeness (QED) is 0.747. The number of methoxy groups -OCH3 is 1. The summed E-state index contributed by atoms with van der Waals surface area (Å²) in [5.41, 5.74) is -0.302. The Kier molecular flexibility index (Phi) is 7.25. The van der Waals surface area contributed by atoms with Gasteiger partial charge in [0.15, 0.2) is 0 Å². The number of ether oxygens (including phenoxy) is 1. The summed E-state index contributed by atoms with van der Waals surface area (Å²) in [7, 11) is 1.19. The minimum absolute atomic E-state index is 0.302. The second-order valence-electron chi connectivity index (χ2n) is 4.57. The lowest BCUT2D eigenvalue weighted by Gasteiger charge is -2.22. The number of hydrogen-bond acceptors (Lipinski definition) is 4. The van der Waals surface area contributed by atoms with Gasteiger partial charge in [0, 0.05) is 13.1 Å². The van der Waals surface area contributed by atoms with Crippen molar-refractivity contribution in [1.29, 1.82) is 0 Å². The molecule has 1 unspecified atom stereocenters. The van der Waals surface area contributed by atoms with Crippen LogP contribution in [0.1, 0.15) is 25.5 Å². The third-order valence-electron chi connectivity index (χ3n) is 3.40. The van der Waals surface area contributed by atoms with Crippen molar-refractivity contribution in [1.82, 2.24) is 10.2 Å². The number of benzene rings is 1. The second-order valence-corrected chi connectivity index (χ2v) is 4.57. The van der Waals surface area contributed by atoms with Crippen LogP contribution in [0.5, 0.6) is 0 Å². The van der Waals surface area contributed by atoms with Gasteiger partial charge in [-0.2, -0.15) is 0 Å². The minimum atomic E-state index is -1.15. The molecule has 21 heavy (non-hydrogen) atoms. The van der Waals surface area contributed by atoms with Crippen molar-refractivity contribution in [3.8, 4) is 0 Å². The summed E-state index contributed by atoms with van der Waals surface area (Å²) in [6, 6.07) is 2.37. The van der Waals surface area contributed by atoms with Crippen LogP contribution in [0, 0.1) is 11.6 Å². The highest BCUT2D eigenvalue weighted by molar-refractivity contribution is 5.77. The first-order chi connectivity index (χ1) is 10.0. The van der Waals surface area contributed by atoms with Gasteiger partial charge < -0.3 is 9.64 Å². The van der Waals surface area contributed by atoms with E-state index in [4.69, 9.17) is 0 Å². The summed E-state index contributed by atoms with van der Waals surface area (Å²) in [6.45, 7) is 6.89. The molecule has 118 valence electrons. The smallest absolute Gasteiger partial charge is 0.327 e. The van der Waals surface area contributed by atoms with Crippen LogP contribution < -0.4 is 5.32 Å². The van der Waals surface area contributed by atoms with Crippen LogP contribution in [0.3, 0.4) is 0 Å². The van der Waals surface area contributed by atoms with Crippen LogP contribution >= 0.6 is 0 Å². The maximum absolute atomic E-state index is 13.8. The van der Waals surface area contributed by atoms with E-state index in [1.165, 1.54) is 13.2 Å². The number of carbonyl (C=O) groups excluding carboxylic acids is 1. The van der Waals surface area contributed by atoms with Crippen molar-refractivity contribution < 1.29 is 18.3 Å². The number of carbonyl (C=O) groups is 1. The average molecular weight is 300 g/mol. The highest BCUT2D eigenvalue weighted by Gasteiger charge is 2.27. The van der Waals surface area contributed by atoms with E-state index >= 15 is 0 Å². The highest BCUT2D eigenvalue weighted by Crippen LogP contribution is 2.21. The lowest BCUT2D eigenvalue weighted by Crippen LogP contribution is -2.37. The fraction of sp³-hybridized carbons (Fsp3) is 0.533. The van der Waals surface area contributed by atoms with Crippen LogP contribution in [-0.4, -0.2) is 44.2 Å². The van der Waals surface area contributed by atoms with Gasteiger partial charge in [-0.1, -0.05) is 19.9 Å². The molecule has 0 fully saturated rings. The zero-order valence-corrected chi connectivity index (χ0v) is 12.7. The van der Waals surface area contributed by atoms with Gasteiger partial charge in [-0.3, -0.25) is 5.32 Å². The third kappa shape index (κ3) is 4.75. The van der Waals surface area contributed by atoms with Gasteiger partial charge in [0.05, 0.1) is 12.7 Å². The molecule has 0 aliphatic heterocycles. The first-order valence-corrected chi connectivity index (χ1v) is 7.02. The van der Waals surface area contributed by atoms with Crippen LogP contribution in [-0.2, 0) is 9.53 Å². The molecule has 0 bridgehead atoms. The normalized spacial score (nSPS) is 12.5. The van der Waals surface area contributed by atoms with Crippen molar-refractivity contribution in [2.24, 2.45) is 0 Å². The van der Waals surface area contributed by atoms with Gasteiger partial charge in [-0.25, -0.2) is 13.6 Å². The molecular formula is C15H22F2N2O2. The molecule has 0 aliphatic rings. The van der Waals surface area contributed by atoms with E-state index in [2.05, 4.69) is 15.0 Å². The summed E-state index contributed by atoms with van der Waals surface area (Å²) < 4.78 is 32.3. The zero-order valence-electron chi connectivity index (χ0n) is 12.7. The van der Waals surface area contributed by atoms with Crippen molar-refractivity contribution in [3.63, 3.8) is 0 Å². The number of esters is 1. The maximum atomic E-state index is 13.8. The largest absolute Gasteiger partial charge is 0.468 e. The molecular weight excluding hydrogens is 278 g/mol. The molecule has 0 amide bonds. The number of likely N-dealkylation sites (N-methyl/N-ethyl adjacent to an activating group) is 1. The lowest BCUT2D eigenvalue weighted by molar-refractivity contribution is -0.143. The van der Waals surface area contributed by atoms with Gasteiger partial charge in [-0.15, -0.1) is 0 Å². The Hall–Kier alpha value is -1.53. The van der Waals surface area contributed by atoms with E-state index in [1.54, 1.807) is 0 Å². The second kappa shape index (κ2) is 8.69. The molecule has 0 saturated heterocycles. The van der Waals surface area contributed by atoms with Crippen LogP contribution in [0.15, 0.2) is 18.2 Å². The molecule has 0 heterocycles. The van der Waals surface area contributed by atoms with E-state index in [0.29, 0.717) is 13.1 Å². The molecule has 1 aromatic rings. The Morgan fingerprint density at radius 3 is 2.33 bits per heavy atom. The van der Waals surface area contributed by atoms with Crippen molar-refractivity contribution in [2.45, 2.75) is 19.9 Å². The molecule has 0 saturated carbocycles. The Morgan fingerprint density at radius 1 is 1.29 bits per heavy atom. The summed E-state index contributed by atoms with van der Waals surface area (Å²) in [4.78, 5) is 13.9. The number of hydrogen-bond donors (Lipinski definition) is 1. The molecule has 1 atom stereocenters. The third-order valence-corrected chi connectivity index (χ3v) is 3.40. The fourth-order valence-electron chi connectivity index (χ4n) is 2.11. The van der Waals surface area contributed by atoms with Gasteiger partial charge >= 0.3 is 5.97 Å². The predicted molar refractivity (Wildman–Crippen MR) is 76.9 cm³/mol. The predicted octanol–water partition coefficient (Wildman–Crippen LogP) is 2.11. The van der Waals surface area contributed by atoms with Gasteiger partial charge in [0.25, 0.3) is 0 Å². The molecule has 1 rings (SSSR count). The average Bonchev–Trinajstić information content (AvgIpc) is 2.48. The van der Waals surface area contributed by atoms with Crippen molar-refractivity contribution in [3.05, 3.63) is 35.4 Å². The van der Waals surface area contributed by atoms with E-state index in [9.17, 15) is 13.6 Å². The minimum Gasteiger partial charge on any atom is -0.468 e. The molecule has 0 radical (unpaired) electrons. The van der Waals surface area contributed by atoms with Gasteiger partial charge in [-0.05, 0) is 25.2 Å². The maximum Gasteiger partial charge on any atom is 0.327 e. The standard InChI is InChI=1S/C15H22F2N2O2/c1-4-19(5-2)10-9-18-14(15(20)21-3)13-11(16)7-6-8-12(13)17/h6-8,14,18H,4-5,9-10H2,1-3H3. The Morgan fingerprint density at radius 2 is 1.86 bits per heavy atom. The molecule has 1 aromatic carbocycles. The topological polar surface area (TPSA) is 41.6 Å². The molecule has 0 spiro atoms. The first kappa shape index (κ1) is 17.5. The van der Waals surface area contributed by atoms with Crippen LogP contribution in [0.25, 0.3) is 0 Å². The zero-order chi connectivity index (χ0) is 15.8. The van der Waals surface area contributed by atoms with E-state index < -0.39 is 23.6 Å². The Balaban J connectivity index is 2.85. The first-order valence-electron chi connectivity index (χ1n) is 7.02. The fourth-order valence-corrected chi connectivity index (χ4v) is 2.11. The lowest BCUT2D eigenvalue weighted by atomic mass is 10.1. The number of rotatable bonds is 8. The summed E-state index contributed by atoms with van der Waals surface area (Å²) >= 11 is 0. The number of halogens is 2. The molecule has 6 heteroatoms. The van der Waals surface area contributed by atoms with E-state index in [0.717, 1.165) is 25.2 Å². The van der Waals surface area contributed by atoms with Gasteiger partial charge in [0.1, 0.15) is 17.7 Å². The molecule has 0 aromatic heterocycles. The van der Waals surface area contributed by atoms with Crippen molar-refractivity contribution >= 4 is 5.97 Å². The monoisotopic (exact) mass is 300 g/mol. The van der Waals surface area contributed by atoms with Gasteiger partial charge in [0.2, 0.25) is 0 Å². The highest BCUT2D eigenvalue weighted by atomic mass is 19.1. The van der Waals surface area contributed by atoms with Crippen molar-refractivity contribution in [2.75, 3.05) is 33.3 Å². The SMILES string of the molecule is CCN(CC)CCNC(C(=O)OC)c1c(F)cccc1F. The number of nitrogens with one attached hydrogen (secondary N) is 1. The number of nitrogens with zero attached hydrogens (tertiary/aromatic N) is 1. The van der Waals surface area contributed by atoms with E-state index in [1.807, 2.05) is 13.8 Å². The Labute approximate surface area is 124 Å². The summed E-state index contributed by atoms with van der Waals surface area (Å²) in [6.07, 6.45) is 0. The molecule has 4 nitrogen and oxygen atoms in total. The van der Waals surface area contributed by atoms with Crippen LogP contribution in [0.4, 0.5) is 8.78 Å².